The van der Waals surface area contributed by atoms with Crippen LogP contribution in [0.5, 0.6) is 0 Å². The van der Waals surface area contributed by atoms with Crippen molar-refractivity contribution in [3.8, 4) is 0 Å². The SMILES string of the molecule is CC(C)OCC1=CC(Cl)CNC1. The van der Waals surface area contributed by atoms with Crippen molar-refractivity contribution in [3.63, 3.8) is 0 Å². The van der Waals surface area contributed by atoms with Gasteiger partial charge in [0, 0.05) is 13.1 Å². The third-order valence-electron chi connectivity index (χ3n) is 1.71. The molecular weight excluding hydrogens is 174 g/mol. The zero-order valence-electron chi connectivity index (χ0n) is 7.64. The van der Waals surface area contributed by atoms with Gasteiger partial charge in [0.2, 0.25) is 0 Å². The average molecular weight is 190 g/mol. The molecule has 0 aliphatic carbocycles. The minimum atomic E-state index is 0.129. The van der Waals surface area contributed by atoms with E-state index in [1.165, 1.54) is 5.57 Å². The van der Waals surface area contributed by atoms with E-state index in [2.05, 4.69) is 11.4 Å². The van der Waals surface area contributed by atoms with Crippen molar-refractivity contribution >= 4 is 11.6 Å². The molecule has 2 nitrogen and oxygen atoms in total. The Morgan fingerprint density at radius 3 is 3.08 bits per heavy atom. The second-order valence-electron chi connectivity index (χ2n) is 3.33. The van der Waals surface area contributed by atoms with E-state index < -0.39 is 0 Å². The third kappa shape index (κ3) is 3.57. The molecule has 1 rings (SSSR count). The highest BCUT2D eigenvalue weighted by molar-refractivity contribution is 6.22. The molecule has 0 amide bonds. The second kappa shape index (κ2) is 4.85. The number of ether oxygens (including phenoxy) is 1. The molecular formula is C9H16ClNO. The first-order chi connectivity index (χ1) is 5.68. The van der Waals surface area contributed by atoms with Crippen LogP contribution in [0.4, 0.5) is 0 Å². The van der Waals surface area contributed by atoms with Gasteiger partial charge in [0.05, 0.1) is 18.1 Å². The summed E-state index contributed by atoms with van der Waals surface area (Å²) < 4.78 is 5.46. The molecule has 1 aliphatic heterocycles. The molecule has 0 bridgehead atoms. The van der Waals surface area contributed by atoms with Gasteiger partial charge in [-0.3, -0.25) is 0 Å². The molecule has 1 unspecified atom stereocenters. The fourth-order valence-electron chi connectivity index (χ4n) is 1.12. The number of alkyl halides is 1. The number of halogens is 1. The first-order valence-electron chi connectivity index (χ1n) is 4.34. The smallest absolute Gasteiger partial charge is 0.0693 e. The first-order valence-corrected chi connectivity index (χ1v) is 4.78. The summed E-state index contributed by atoms with van der Waals surface area (Å²) in [5, 5.41) is 3.36. The van der Waals surface area contributed by atoms with Gasteiger partial charge < -0.3 is 10.1 Å². The largest absolute Gasteiger partial charge is 0.374 e. The van der Waals surface area contributed by atoms with Gasteiger partial charge in [-0.1, -0.05) is 6.08 Å². The summed E-state index contributed by atoms with van der Waals surface area (Å²) in [5.74, 6) is 0. The lowest BCUT2D eigenvalue weighted by molar-refractivity contribution is 0.0957. The molecule has 70 valence electrons. The Kier molecular flexibility index (Phi) is 4.06. The standard InChI is InChI=1S/C9H16ClNO/c1-7(2)12-6-8-3-9(10)5-11-4-8/h3,7,9,11H,4-6H2,1-2H3. The summed E-state index contributed by atoms with van der Waals surface area (Å²) in [6, 6.07) is 0. The Labute approximate surface area is 78.9 Å². The van der Waals surface area contributed by atoms with E-state index in [4.69, 9.17) is 16.3 Å². The van der Waals surface area contributed by atoms with Gasteiger partial charge in [-0.25, -0.2) is 0 Å². The van der Waals surface area contributed by atoms with Crippen LogP contribution in [0.2, 0.25) is 0 Å². The molecule has 1 aliphatic rings. The summed E-state index contributed by atoms with van der Waals surface area (Å²) in [6.07, 6.45) is 2.38. The van der Waals surface area contributed by atoms with E-state index in [0.717, 1.165) is 13.1 Å². The van der Waals surface area contributed by atoms with Crippen molar-refractivity contribution in [2.75, 3.05) is 19.7 Å². The topological polar surface area (TPSA) is 21.3 Å². The van der Waals surface area contributed by atoms with Crippen LogP contribution in [0.1, 0.15) is 13.8 Å². The van der Waals surface area contributed by atoms with E-state index in [1.807, 2.05) is 13.8 Å². The molecule has 0 saturated carbocycles. The van der Waals surface area contributed by atoms with Crippen LogP contribution in [-0.2, 0) is 4.74 Å². The molecule has 0 spiro atoms. The van der Waals surface area contributed by atoms with Gasteiger partial charge >= 0.3 is 0 Å². The molecule has 1 heterocycles. The molecule has 1 atom stereocenters. The maximum absolute atomic E-state index is 5.93. The second-order valence-corrected chi connectivity index (χ2v) is 3.89. The molecule has 0 radical (unpaired) electrons. The minimum absolute atomic E-state index is 0.129. The summed E-state index contributed by atoms with van der Waals surface area (Å²) in [5.41, 5.74) is 1.26. The molecule has 0 aromatic heterocycles. The maximum Gasteiger partial charge on any atom is 0.0693 e. The van der Waals surface area contributed by atoms with Crippen molar-refractivity contribution in [1.82, 2.24) is 5.32 Å². The summed E-state index contributed by atoms with van der Waals surface area (Å²) in [7, 11) is 0. The highest BCUT2D eigenvalue weighted by Gasteiger charge is 2.10. The fourth-order valence-corrected chi connectivity index (χ4v) is 1.40. The zero-order valence-corrected chi connectivity index (χ0v) is 8.40. The van der Waals surface area contributed by atoms with Crippen LogP contribution in [0.3, 0.4) is 0 Å². The van der Waals surface area contributed by atoms with Gasteiger partial charge in [-0.05, 0) is 19.4 Å². The highest BCUT2D eigenvalue weighted by atomic mass is 35.5. The Morgan fingerprint density at radius 2 is 2.50 bits per heavy atom. The maximum atomic E-state index is 5.93. The van der Waals surface area contributed by atoms with Crippen molar-refractivity contribution in [3.05, 3.63) is 11.6 Å². The van der Waals surface area contributed by atoms with Crippen LogP contribution in [0, 0.1) is 0 Å². The predicted molar refractivity (Wildman–Crippen MR) is 51.7 cm³/mol. The van der Waals surface area contributed by atoms with Crippen LogP contribution in [0.25, 0.3) is 0 Å². The lowest BCUT2D eigenvalue weighted by atomic mass is 10.1. The normalized spacial score (nSPS) is 24.3. The summed E-state index contributed by atoms with van der Waals surface area (Å²) >= 11 is 5.93. The first kappa shape index (κ1) is 10.0. The molecule has 0 saturated heterocycles. The van der Waals surface area contributed by atoms with Gasteiger partial charge in [0.15, 0.2) is 0 Å². The number of nitrogens with one attached hydrogen (secondary N) is 1. The van der Waals surface area contributed by atoms with Crippen molar-refractivity contribution in [2.45, 2.75) is 25.3 Å². The quantitative estimate of drug-likeness (QED) is 0.538. The Balaban J connectivity index is 2.30. The van der Waals surface area contributed by atoms with Crippen LogP contribution in [-0.4, -0.2) is 31.2 Å². The number of hydrogen-bond acceptors (Lipinski definition) is 2. The summed E-state index contributed by atoms with van der Waals surface area (Å²) in [4.78, 5) is 0. The van der Waals surface area contributed by atoms with Crippen molar-refractivity contribution < 1.29 is 4.74 Å². The predicted octanol–water partition coefficient (Wildman–Crippen LogP) is 1.55. The third-order valence-corrected chi connectivity index (χ3v) is 1.99. The van der Waals surface area contributed by atoms with Crippen molar-refractivity contribution in [1.29, 1.82) is 0 Å². The highest BCUT2D eigenvalue weighted by Crippen LogP contribution is 2.08. The molecule has 12 heavy (non-hydrogen) atoms. The molecule has 0 fully saturated rings. The summed E-state index contributed by atoms with van der Waals surface area (Å²) in [6.45, 7) is 6.56. The van der Waals surface area contributed by atoms with Crippen LogP contribution < -0.4 is 5.32 Å². The van der Waals surface area contributed by atoms with Gasteiger partial charge in [-0.2, -0.15) is 0 Å². The Morgan fingerprint density at radius 1 is 1.75 bits per heavy atom. The fraction of sp³-hybridized carbons (Fsp3) is 0.778. The molecule has 0 aromatic rings. The Hall–Kier alpha value is -0.0500. The van der Waals surface area contributed by atoms with E-state index in [-0.39, 0.29) is 5.38 Å². The van der Waals surface area contributed by atoms with Gasteiger partial charge in [0.1, 0.15) is 0 Å². The molecule has 0 aromatic carbocycles. The number of hydrogen-bond donors (Lipinski definition) is 1. The van der Waals surface area contributed by atoms with Crippen molar-refractivity contribution in [2.24, 2.45) is 0 Å². The van der Waals surface area contributed by atoms with Crippen LogP contribution in [0.15, 0.2) is 11.6 Å². The minimum Gasteiger partial charge on any atom is -0.374 e. The average Bonchev–Trinajstić information content (AvgIpc) is 2.01. The van der Waals surface area contributed by atoms with Crippen LogP contribution >= 0.6 is 11.6 Å². The van der Waals surface area contributed by atoms with E-state index >= 15 is 0 Å². The molecule has 3 heteroatoms. The van der Waals surface area contributed by atoms with E-state index in [0.29, 0.717) is 12.7 Å². The zero-order chi connectivity index (χ0) is 8.97. The molecule has 1 N–H and O–H groups in total. The van der Waals surface area contributed by atoms with E-state index in [1.54, 1.807) is 0 Å². The lowest BCUT2D eigenvalue weighted by Crippen LogP contribution is -2.31. The lowest BCUT2D eigenvalue weighted by Gasteiger charge is -2.18. The monoisotopic (exact) mass is 189 g/mol. The number of rotatable bonds is 3. The van der Waals surface area contributed by atoms with Gasteiger partial charge in [-0.15, -0.1) is 11.6 Å². The Bertz CT molecular complexity index is 168. The van der Waals surface area contributed by atoms with Gasteiger partial charge in [0.25, 0.3) is 0 Å². The van der Waals surface area contributed by atoms with E-state index in [9.17, 15) is 0 Å².